The van der Waals surface area contributed by atoms with Gasteiger partial charge in [-0.2, -0.15) is 0 Å². The lowest BCUT2D eigenvalue weighted by atomic mass is 10.2. The molecule has 108 valence electrons. The van der Waals surface area contributed by atoms with Crippen LogP contribution in [0.25, 0.3) is 0 Å². The minimum atomic E-state index is -0.223. The van der Waals surface area contributed by atoms with E-state index in [2.05, 4.69) is 43.1 Å². The van der Waals surface area contributed by atoms with E-state index in [1.165, 1.54) is 12.4 Å². The van der Waals surface area contributed by atoms with Crippen molar-refractivity contribution in [3.63, 3.8) is 0 Å². The maximum absolute atomic E-state index is 11.7. The molecule has 1 aromatic heterocycles. The fraction of sp³-hybridized carbons (Fsp3) is 0.133. The van der Waals surface area contributed by atoms with Crippen LogP contribution in [0, 0.1) is 6.92 Å². The summed E-state index contributed by atoms with van der Waals surface area (Å²) < 4.78 is 1.01. The number of nitrogens with one attached hydrogen (secondary N) is 2. The fourth-order valence-electron chi connectivity index (χ4n) is 1.58. The van der Waals surface area contributed by atoms with E-state index in [1.807, 2.05) is 25.1 Å². The second-order valence-corrected chi connectivity index (χ2v) is 5.24. The second kappa shape index (κ2) is 6.99. The van der Waals surface area contributed by atoms with Crippen molar-refractivity contribution < 1.29 is 4.79 Å². The van der Waals surface area contributed by atoms with Crippen molar-refractivity contribution in [2.75, 3.05) is 11.9 Å². The lowest BCUT2D eigenvalue weighted by Crippen LogP contribution is -2.23. The molecule has 1 aromatic carbocycles. The van der Waals surface area contributed by atoms with Crippen LogP contribution in [-0.4, -0.2) is 22.4 Å². The summed E-state index contributed by atoms with van der Waals surface area (Å²) in [4.78, 5) is 20.0. The molecule has 0 atom stereocenters. The van der Waals surface area contributed by atoms with E-state index in [9.17, 15) is 4.79 Å². The first kappa shape index (κ1) is 15.2. The van der Waals surface area contributed by atoms with Crippen molar-refractivity contribution in [3.8, 4) is 0 Å². The molecule has 0 spiro atoms. The molecule has 21 heavy (non-hydrogen) atoms. The quantitative estimate of drug-likeness (QED) is 0.815. The third-order valence-electron chi connectivity index (χ3n) is 2.75. The Kier molecular flexibility index (Phi) is 5.05. The van der Waals surface area contributed by atoms with Gasteiger partial charge in [0.15, 0.2) is 0 Å². The molecule has 0 unspecified atom stereocenters. The van der Waals surface area contributed by atoms with E-state index in [0.29, 0.717) is 18.1 Å². The molecule has 5 nitrogen and oxygen atoms in total. The molecular formula is C15H15BrN4O. The molecule has 1 heterocycles. The molecule has 0 aliphatic rings. The number of carbonyl (C=O) groups is 1. The SMILES string of the molecule is C=CCNC(=O)c1cnc(Nc2ccc(C)c(Br)c2)nc1. The number of aryl methyl sites for hydroxylation is 1. The van der Waals surface area contributed by atoms with E-state index in [0.717, 1.165) is 15.7 Å². The Labute approximate surface area is 131 Å². The Morgan fingerprint density at radius 2 is 2.10 bits per heavy atom. The number of benzene rings is 1. The van der Waals surface area contributed by atoms with Gasteiger partial charge in [0, 0.05) is 29.1 Å². The predicted molar refractivity (Wildman–Crippen MR) is 86.7 cm³/mol. The van der Waals surface area contributed by atoms with E-state index in [4.69, 9.17) is 0 Å². The van der Waals surface area contributed by atoms with Crippen LogP contribution < -0.4 is 10.6 Å². The molecule has 0 radical (unpaired) electrons. The van der Waals surface area contributed by atoms with Gasteiger partial charge in [0.2, 0.25) is 5.95 Å². The summed E-state index contributed by atoms with van der Waals surface area (Å²) in [7, 11) is 0. The number of nitrogens with zero attached hydrogens (tertiary/aromatic N) is 2. The van der Waals surface area contributed by atoms with Gasteiger partial charge in [0.1, 0.15) is 0 Å². The minimum Gasteiger partial charge on any atom is -0.348 e. The standard InChI is InChI=1S/C15H15BrN4O/c1-3-6-17-14(21)11-8-18-15(19-9-11)20-12-5-4-10(2)13(16)7-12/h3-5,7-9H,1,6H2,2H3,(H,17,21)(H,18,19,20). The average Bonchev–Trinajstić information content (AvgIpc) is 2.49. The van der Waals surface area contributed by atoms with Gasteiger partial charge in [-0.05, 0) is 24.6 Å². The summed E-state index contributed by atoms with van der Waals surface area (Å²) >= 11 is 3.47. The third kappa shape index (κ3) is 4.13. The van der Waals surface area contributed by atoms with Crippen molar-refractivity contribution in [1.29, 1.82) is 0 Å². The molecule has 6 heteroatoms. The van der Waals surface area contributed by atoms with Gasteiger partial charge in [-0.25, -0.2) is 9.97 Å². The Balaban J connectivity index is 2.06. The highest BCUT2D eigenvalue weighted by Crippen LogP contribution is 2.22. The van der Waals surface area contributed by atoms with Gasteiger partial charge >= 0.3 is 0 Å². The smallest absolute Gasteiger partial charge is 0.254 e. The lowest BCUT2D eigenvalue weighted by molar-refractivity contribution is 0.0957. The highest BCUT2D eigenvalue weighted by Gasteiger charge is 2.06. The largest absolute Gasteiger partial charge is 0.348 e. The zero-order chi connectivity index (χ0) is 15.2. The van der Waals surface area contributed by atoms with Crippen LogP contribution in [0.1, 0.15) is 15.9 Å². The molecule has 2 rings (SSSR count). The number of carbonyl (C=O) groups excluding carboxylic acids is 1. The first-order valence-electron chi connectivity index (χ1n) is 6.34. The Hall–Kier alpha value is -2.21. The molecule has 0 aliphatic carbocycles. The van der Waals surface area contributed by atoms with Crippen molar-refractivity contribution in [2.24, 2.45) is 0 Å². The topological polar surface area (TPSA) is 66.9 Å². The molecular weight excluding hydrogens is 332 g/mol. The Morgan fingerprint density at radius 1 is 1.38 bits per heavy atom. The number of halogens is 1. The maximum Gasteiger partial charge on any atom is 0.254 e. The summed E-state index contributed by atoms with van der Waals surface area (Å²) in [6.45, 7) is 5.97. The Morgan fingerprint density at radius 3 is 2.71 bits per heavy atom. The van der Waals surface area contributed by atoms with E-state index in [-0.39, 0.29) is 5.91 Å². The number of hydrogen-bond acceptors (Lipinski definition) is 4. The van der Waals surface area contributed by atoms with Crippen LogP contribution >= 0.6 is 15.9 Å². The number of amides is 1. The molecule has 2 N–H and O–H groups in total. The molecule has 0 aliphatic heterocycles. The third-order valence-corrected chi connectivity index (χ3v) is 3.60. The van der Waals surface area contributed by atoms with Crippen LogP contribution in [0.2, 0.25) is 0 Å². The number of anilines is 2. The molecule has 0 fully saturated rings. The summed E-state index contributed by atoms with van der Waals surface area (Å²) in [6.07, 6.45) is 4.58. The van der Waals surface area contributed by atoms with Gasteiger partial charge in [0.05, 0.1) is 5.56 Å². The Bertz CT molecular complexity index is 655. The summed E-state index contributed by atoms with van der Waals surface area (Å²) in [5.74, 6) is 0.213. The first-order valence-corrected chi connectivity index (χ1v) is 7.14. The van der Waals surface area contributed by atoms with E-state index >= 15 is 0 Å². The second-order valence-electron chi connectivity index (χ2n) is 4.38. The zero-order valence-corrected chi connectivity index (χ0v) is 13.1. The normalized spacial score (nSPS) is 10.0. The average molecular weight is 347 g/mol. The monoisotopic (exact) mass is 346 g/mol. The lowest BCUT2D eigenvalue weighted by Gasteiger charge is -2.07. The number of rotatable bonds is 5. The number of hydrogen-bond donors (Lipinski definition) is 2. The first-order chi connectivity index (χ1) is 10.1. The van der Waals surface area contributed by atoms with E-state index < -0.39 is 0 Å². The van der Waals surface area contributed by atoms with Gasteiger partial charge < -0.3 is 10.6 Å². The van der Waals surface area contributed by atoms with Crippen LogP contribution in [0.5, 0.6) is 0 Å². The highest BCUT2D eigenvalue weighted by atomic mass is 79.9. The van der Waals surface area contributed by atoms with Crippen molar-refractivity contribution in [2.45, 2.75) is 6.92 Å². The van der Waals surface area contributed by atoms with Gasteiger partial charge in [-0.15, -0.1) is 6.58 Å². The summed E-state index contributed by atoms with van der Waals surface area (Å²) in [5.41, 5.74) is 2.43. The summed E-state index contributed by atoms with van der Waals surface area (Å²) in [6, 6.07) is 5.88. The van der Waals surface area contributed by atoms with Gasteiger partial charge in [-0.1, -0.05) is 28.1 Å². The van der Waals surface area contributed by atoms with Crippen LogP contribution in [0.3, 0.4) is 0 Å². The van der Waals surface area contributed by atoms with Crippen molar-refractivity contribution in [3.05, 3.63) is 58.8 Å². The highest BCUT2D eigenvalue weighted by molar-refractivity contribution is 9.10. The molecule has 1 amide bonds. The van der Waals surface area contributed by atoms with Crippen LogP contribution in [0.15, 0.2) is 47.7 Å². The van der Waals surface area contributed by atoms with E-state index in [1.54, 1.807) is 6.08 Å². The molecule has 0 saturated heterocycles. The predicted octanol–water partition coefficient (Wildman–Crippen LogP) is 3.21. The number of aromatic nitrogens is 2. The maximum atomic E-state index is 11.7. The van der Waals surface area contributed by atoms with Crippen LogP contribution in [-0.2, 0) is 0 Å². The van der Waals surface area contributed by atoms with Crippen molar-refractivity contribution >= 4 is 33.5 Å². The minimum absolute atomic E-state index is 0.223. The van der Waals surface area contributed by atoms with Gasteiger partial charge in [0.25, 0.3) is 5.91 Å². The molecule has 0 bridgehead atoms. The molecule has 0 saturated carbocycles. The van der Waals surface area contributed by atoms with Crippen molar-refractivity contribution in [1.82, 2.24) is 15.3 Å². The fourth-order valence-corrected chi connectivity index (χ4v) is 1.96. The summed E-state index contributed by atoms with van der Waals surface area (Å²) in [5, 5.41) is 5.75. The zero-order valence-electron chi connectivity index (χ0n) is 11.6. The molecule has 2 aromatic rings. The van der Waals surface area contributed by atoms with Gasteiger partial charge in [-0.3, -0.25) is 4.79 Å². The van der Waals surface area contributed by atoms with Crippen LogP contribution in [0.4, 0.5) is 11.6 Å².